The van der Waals surface area contributed by atoms with Gasteiger partial charge < -0.3 is 0 Å². The summed E-state index contributed by atoms with van der Waals surface area (Å²) in [4.78, 5) is 11.6. The van der Waals surface area contributed by atoms with E-state index in [0.717, 1.165) is 10.1 Å². The van der Waals surface area contributed by atoms with Gasteiger partial charge in [0.15, 0.2) is 0 Å². The summed E-state index contributed by atoms with van der Waals surface area (Å²) in [6.45, 7) is 0. The molecule has 0 amide bonds. The van der Waals surface area contributed by atoms with Gasteiger partial charge in [0, 0.05) is 22.2 Å². The Labute approximate surface area is 263 Å². The average Bonchev–Trinajstić information content (AvgIpc) is 3.10. The van der Waals surface area contributed by atoms with E-state index in [1.165, 1.54) is 75.5 Å². The summed E-state index contributed by atoms with van der Waals surface area (Å²) in [7, 11) is 0. The number of rotatable bonds is 3. The van der Waals surface area contributed by atoms with Gasteiger partial charge in [-0.05, 0) is 90.0 Å². The van der Waals surface area contributed by atoms with Gasteiger partial charge in [0.25, 0.3) is 0 Å². The van der Waals surface area contributed by atoms with Crippen molar-refractivity contribution in [1.82, 2.24) is 9.97 Å². The molecule has 7 aromatic carbocycles. The van der Waals surface area contributed by atoms with Crippen LogP contribution in [0.3, 0.4) is 0 Å². The van der Waals surface area contributed by atoms with Crippen molar-refractivity contribution in [3.05, 3.63) is 146 Å². The fourth-order valence-electron chi connectivity index (χ4n) is 6.41. The standard InChI is InChI=1S/C40H24N2S2/c1-2-14-33-31(12-1)32-13-3-4-15-34(32)36-24-28(18-19-35(33)36)26-9-5-8-25(22-26)27-10-6-11-29(23-27)30-16-7-17-37-38(30)44-40-39(43-37)41-20-21-42-40/h1-24H. The van der Waals surface area contributed by atoms with Crippen molar-refractivity contribution < 1.29 is 0 Å². The van der Waals surface area contributed by atoms with Crippen LogP contribution >= 0.6 is 23.5 Å². The topological polar surface area (TPSA) is 25.8 Å². The number of benzene rings is 7. The van der Waals surface area contributed by atoms with E-state index in [2.05, 4.69) is 143 Å². The van der Waals surface area contributed by atoms with Crippen LogP contribution in [-0.4, -0.2) is 9.97 Å². The lowest BCUT2D eigenvalue weighted by Crippen LogP contribution is -1.96. The van der Waals surface area contributed by atoms with E-state index >= 15 is 0 Å². The molecule has 44 heavy (non-hydrogen) atoms. The minimum Gasteiger partial charge on any atom is -0.245 e. The Hall–Kier alpha value is -4.90. The van der Waals surface area contributed by atoms with Crippen LogP contribution in [0.1, 0.15) is 0 Å². The van der Waals surface area contributed by atoms with Gasteiger partial charge in [-0.2, -0.15) is 0 Å². The molecule has 0 radical (unpaired) electrons. The van der Waals surface area contributed by atoms with Crippen molar-refractivity contribution in [2.45, 2.75) is 19.8 Å². The van der Waals surface area contributed by atoms with Crippen LogP contribution in [0.25, 0.3) is 65.7 Å². The molecule has 0 unspecified atom stereocenters. The lowest BCUT2D eigenvalue weighted by atomic mass is 9.91. The van der Waals surface area contributed by atoms with Crippen molar-refractivity contribution in [1.29, 1.82) is 0 Å². The predicted octanol–water partition coefficient (Wildman–Crippen LogP) is 11.6. The van der Waals surface area contributed by atoms with Gasteiger partial charge in [0.05, 0.1) is 0 Å². The lowest BCUT2D eigenvalue weighted by Gasteiger charge is -2.19. The summed E-state index contributed by atoms with van der Waals surface area (Å²) in [5, 5.41) is 9.73. The smallest absolute Gasteiger partial charge is 0.133 e. The second-order valence-corrected chi connectivity index (χ2v) is 13.0. The summed E-state index contributed by atoms with van der Waals surface area (Å²) in [5.74, 6) is 0. The molecule has 0 saturated carbocycles. The SMILES string of the molecule is c1cc(-c2cccc(-c3cccc4c3Sc3nccnc3S4)c2)cc(-c2ccc3c4ccccc4c4ccccc4c3c2)c1. The zero-order valence-corrected chi connectivity index (χ0v) is 25.2. The molecule has 0 N–H and O–H groups in total. The third-order valence-corrected chi connectivity index (χ3v) is 10.9. The summed E-state index contributed by atoms with van der Waals surface area (Å²) < 4.78 is 0. The summed E-state index contributed by atoms with van der Waals surface area (Å²) in [6, 6.07) is 48.8. The molecule has 1 aliphatic rings. The van der Waals surface area contributed by atoms with Crippen LogP contribution in [0.5, 0.6) is 0 Å². The van der Waals surface area contributed by atoms with Crippen molar-refractivity contribution in [2.24, 2.45) is 0 Å². The van der Waals surface area contributed by atoms with Crippen molar-refractivity contribution in [3.63, 3.8) is 0 Å². The monoisotopic (exact) mass is 596 g/mol. The molecule has 0 spiro atoms. The van der Waals surface area contributed by atoms with E-state index in [1.54, 1.807) is 35.9 Å². The molecule has 1 aliphatic heterocycles. The van der Waals surface area contributed by atoms with Gasteiger partial charge in [0.2, 0.25) is 0 Å². The molecular weight excluding hydrogens is 573 g/mol. The van der Waals surface area contributed by atoms with Crippen LogP contribution in [0.4, 0.5) is 0 Å². The number of aromatic nitrogens is 2. The molecule has 2 heterocycles. The van der Waals surface area contributed by atoms with Crippen molar-refractivity contribution >= 4 is 55.8 Å². The molecule has 0 atom stereocenters. The van der Waals surface area contributed by atoms with Gasteiger partial charge in [0.1, 0.15) is 10.1 Å². The van der Waals surface area contributed by atoms with Gasteiger partial charge in [-0.3, -0.25) is 0 Å². The number of nitrogens with zero attached hydrogens (tertiary/aromatic N) is 2. The van der Waals surface area contributed by atoms with Crippen LogP contribution < -0.4 is 0 Å². The highest BCUT2D eigenvalue weighted by Crippen LogP contribution is 2.50. The highest BCUT2D eigenvalue weighted by Gasteiger charge is 2.22. The number of fused-ring (bicyclic) bond motifs is 8. The quantitative estimate of drug-likeness (QED) is 0.190. The number of hydrogen-bond acceptors (Lipinski definition) is 4. The molecule has 2 nitrogen and oxygen atoms in total. The Kier molecular flexibility index (Phi) is 6.03. The van der Waals surface area contributed by atoms with E-state index in [9.17, 15) is 0 Å². The Balaban J connectivity index is 1.13. The molecule has 0 fully saturated rings. The maximum Gasteiger partial charge on any atom is 0.133 e. The predicted molar refractivity (Wildman–Crippen MR) is 186 cm³/mol. The Bertz CT molecular complexity index is 2380. The Morgan fingerprint density at radius 1 is 0.364 bits per heavy atom. The first-order chi connectivity index (χ1) is 21.8. The van der Waals surface area contributed by atoms with E-state index in [4.69, 9.17) is 0 Å². The first-order valence-corrected chi connectivity index (χ1v) is 16.3. The lowest BCUT2D eigenvalue weighted by molar-refractivity contribution is 0.908. The second-order valence-electron chi connectivity index (χ2n) is 11.0. The maximum atomic E-state index is 4.59. The van der Waals surface area contributed by atoms with Gasteiger partial charge >= 0.3 is 0 Å². The highest BCUT2D eigenvalue weighted by molar-refractivity contribution is 8.05. The Morgan fingerprint density at radius 3 is 1.52 bits per heavy atom. The van der Waals surface area contributed by atoms with Crippen LogP contribution in [-0.2, 0) is 0 Å². The average molecular weight is 597 g/mol. The van der Waals surface area contributed by atoms with E-state index in [1.807, 2.05) is 0 Å². The third-order valence-electron chi connectivity index (χ3n) is 8.46. The fraction of sp³-hybridized carbons (Fsp3) is 0. The first-order valence-electron chi connectivity index (χ1n) is 14.6. The molecule has 4 heteroatoms. The molecule has 0 saturated heterocycles. The van der Waals surface area contributed by atoms with Gasteiger partial charge in [-0.1, -0.05) is 133 Å². The summed E-state index contributed by atoms with van der Waals surface area (Å²) >= 11 is 3.41. The van der Waals surface area contributed by atoms with Crippen molar-refractivity contribution in [2.75, 3.05) is 0 Å². The minimum absolute atomic E-state index is 0.970. The summed E-state index contributed by atoms with van der Waals surface area (Å²) in [6.07, 6.45) is 3.54. The molecule has 8 aromatic rings. The molecule has 9 rings (SSSR count). The fourth-order valence-corrected chi connectivity index (χ4v) is 8.64. The van der Waals surface area contributed by atoms with E-state index < -0.39 is 0 Å². The normalized spacial score (nSPS) is 12.4. The molecular formula is C40H24N2S2. The van der Waals surface area contributed by atoms with E-state index in [0.29, 0.717) is 0 Å². The molecule has 1 aromatic heterocycles. The highest BCUT2D eigenvalue weighted by atomic mass is 32.2. The van der Waals surface area contributed by atoms with E-state index in [-0.39, 0.29) is 0 Å². The maximum absolute atomic E-state index is 4.59. The van der Waals surface area contributed by atoms with Crippen LogP contribution in [0.2, 0.25) is 0 Å². The largest absolute Gasteiger partial charge is 0.245 e. The van der Waals surface area contributed by atoms with Gasteiger partial charge in [-0.15, -0.1) is 0 Å². The van der Waals surface area contributed by atoms with Gasteiger partial charge in [-0.25, -0.2) is 9.97 Å². The zero-order valence-electron chi connectivity index (χ0n) is 23.6. The van der Waals surface area contributed by atoms with Crippen molar-refractivity contribution in [3.8, 4) is 33.4 Å². The number of hydrogen-bond donors (Lipinski definition) is 0. The zero-order chi connectivity index (χ0) is 29.0. The molecule has 0 bridgehead atoms. The second kappa shape index (κ2) is 10.4. The molecule has 206 valence electrons. The van der Waals surface area contributed by atoms with Crippen LogP contribution in [0, 0.1) is 0 Å². The molecule has 0 aliphatic carbocycles. The third kappa shape index (κ3) is 4.22. The summed E-state index contributed by atoms with van der Waals surface area (Å²) in [5.41, 5.74) is 7.27. The van der Waals surface area contributed by atoms with Crippen LogP contribution in [0.15, 0.2) is 166 Å². The first kappa shape index (κ1) is 25.6. The minimum atomic E-state index is 0.970. The Morgan fingerprint density at radius 2 is 0.864 bits per heavy atom.